The molecule has 0 unspecified atom stereocenters. The van der Waals surface area contributed by atoms with Gasteiger partial charge in [0.15, 0.2) is 23.2 Å². The minimum absolute atomic E-state index is 0.0263. The number of rotatable bonds is 6. The van der Waals surface area contributed by atoms with Crippen molar-refractivity contribution >= 4 is 15.7 Å². The lowest BCUT2D eigenvalue weighted by Crippen LogP contribution is -2.17. The molecule has 0 saturated carbocycles. The van der Waals surface area contributed by atoms with Crippen LogP contribution < -0.4 is 5.73 Å². The summed E-state index contributed by atoms with van der Waals surface area (Å²) in [6.07, 6.45) is -2.23. The number of nitrogens with zero attached hydrogens (tertiary/aromatic N) is 4. The van der Waals surface area contributed by atoms with Crippen molar-refractivity contribution in [1.29, 1.82) is 0 Å². The van der Waals surface area contributed by atoms with E-state index in [0.29, 0.717) is 4.68 Å². The van der Waals surface area contributed by atoms with Gasteiger partial charge in [-0.25, -0.2) is 22.2 Å². The van der Waals surface area contributed by atoms with Crippen molar-refractivity contribution in [3.63, 3.8) is 0 Å². The van der Waals surface area contributed by atoms with Crippen LogP contribution in [0.3, 0.4) is 0 Å². The molecule has 3 rings (SSSR count). The first-order valence-corrected chi connectivity index (χ1v) is 10.9. The van der Waals surface area contributed by atoms with Crippen LogP contribution in [-0.4, -0.2) is 45.7 Å². The summed E-state index contributed by atoms with van der Waals surface area (Å²) in [6.45, 7) is -0.408. The third kappa shape index (κ3) is 4.49. The van der Waals surface area contributed by atoms with Crippen LogP contribution in [0, 0.1) is 11.6 Å². The molecule has 2 N–H and O–H groups in total. The zero-order valence-electron chi connectivity index (χ0n) is 16.6. The smallest absolute Gasteiger partial charge is 0.363 e. The molecule has 1 aromatic carbocycles. The normalized spacial score (nSPS) is 12.3. The Morgan fingerprint density at radius 3 is 2.25 bits per heavy atom. The number of aryl methyl sites for hydroxylation is 1. The van der Waals surface area contributed by atoms with Crippen molar-refractivity contribution in [2.45, 2.75) is 12.7 Å². The monoisotopic (exact) mass is 477 g/mol. The number of amides is 1. The summed E-state index contributed by atoms with van der Waals surface area (Å²) < 4.78 is 94.5. The number of imidazole rings is 1. The van der Waals surface area contributed by atoms with Gasteiger partial charge in [0, 0.05) is 36.2 Å². The van der Waals surface area contributed by atoms with Gasteiger partial charge in [-0.1, -0.05) is 6.07 Å². The number of halogens is 5. The van der Waals surface area contributed by atoms with Crippen molar-refractivity contribution in [2.24, 2.45) is 12.8 Å². The molecule has 0 aliphatic heterocycles. The van der Waals surface area contributed by atoms with Gasteiger partial charge in [0.05, 0.1) is 24.2 Å². The molecule has 0 fully saturated rings. The maximum atomic E-state index is 14.9. The van der Waals surface area contributed by atoms with Crippen molar-refractivity contribution in [3.8, 4) is 22.4 Å². The molecule has 2 aromatic heterocycles. The van der Waals surface area contributed by atoms with Crippen LogP contribution in [0.2, 0.25) is 0 Å². The predicted molar refractivity (Wildman–Crippen MR) is 103 cm³/mol. The Morgan fingerprint density at radius 2 is 1.72 bits per heavy atom. The van der Waals surface area contributed by atoms with Crippen LogP contribution in [0.25, 0.3) is 22.4 Å². The highest BCUT2D eigenvalue weighted by Gasteiger charge is 2.38. The number of hydrogen-bond acceptors (Lipinski definition) is 5. The Labute approximate surface area is 178 Å². The van der Waals surface area contributed by atoms with E-state index in [1.54, 1.807) is 0 Å². The molecule has 1 amide bonds. The number of nitrogens with two attached hydrogens (primary N) is 1. The van der Waals surface area contributed by atoms with Gasteiger partial charge in [-0.3, -0.25) is 9.48 Å². The largest absolute Gasteiger partial charge is 0.435 e. The zero-order chi connectivity index (χ0) is 24.0. The molecular weight excluding hydrogens is 461 g/mol. The van der Waals surface area contributed by atoms with Gasteiger partial charge in [0.25, 0.3) is 5.91 Å². The lowest BCUT2D eigenvalue weighted by atomic mass is 10.0. The van der Waals surface area contributed by atoms with Crippen LogP contribution >= 0.6 is 0 Å². The minimum Gasteiger partial charge on any atom is -0.363 e. The van der Waals surface area contributed by atoms with E-state index in [4.69, 9.17) is 5.73 Å². The second kappa shape index (κ2) is 8.00. The Bertz CT molecular complexity index is 1310. The summed E-state index contributed by atoms with van der Waals surface area (Å²) in [7, 11) is -2.17. The van der Waals surface area contributed by atoms with Crippen LogP contribution in [-0.2, 0) is 29.6 Å². The van der Waals surface area contributed by atoms with Gasteiger partial charge in [0.1, 0.15) is 9.84 Å². The summed E-state index contributed by atoms with van der Waals surface area (Å²) >= 11 is 0. The quantitative estimate of drug-likeness (QED) is 0.548. The van der Waals surface area contributed by atoms with Gasteiger partial charge in [-0.05, 0) is 6.07 Å². The molecule has 0 bridgehead atoms. The molecule has 0 atom stereocenters. The molecule has 2 heterocycles. The Hall–Kier alpha value is -3.29. The van der Waals surface area contributed by atoms with Crippen molar-refractivity contribution in [1.82, 2.24) is 19.3 Å². The van der Waals surface area contributed by atoms with E-state index in [9.17, 15) is 35.2 Å². The van der Waals surface area contributed by atoms with E-state index < -0.39 is 62.7 Å². The van der Waals surface area contributed by atoms with E-state index in [1.807, 2.05) is 0 Å². The van der Waals surface area contributed by atoms with Gasteiger partial charge < -0.3 is 10.3 Å². The minimum atomic E-state index is -5.01. The number of alkyl halides is 3. The van der Waals surface area contributed by atoms with Crippen LogP contribution in [0.5, 0.6) is 0 Å². The molecule has 0 aliphatic carbocycles. The maximum absolute atomic E-state index is 14.9. The zero-order valence-corrected chi connectivity index (χ0v) is 17.4. The molecule has 0 aliphatic rings. The van der Waals surface area contributed by atoms with Gasteiger partial charge >= 0.3 is 6.18 Å². The molecule has 14 heteroatoms. The van der Waals surface area contributed by atoms with Crippen LogP contribution in [0.15, 0.2) is 24.5 Å². The Morgan fingerprint density at radius 1 is 1.12 bits per heavy atom. The molecular formula is C18H16F5N5O3S. The van der Waals surface area contributed by atoms with E-state index in [0.717, 1.165) is 35.3 Å². The van der Waals surface area contributed by atoms with E-state index in [-0.39, 0.29) is 17.1 Å². The number of sulfone groups is 1. The fourth-order valence-electron chi connectivity index (χ4n) is 3.05. The van der Waals surface area contributed by atoms with E-state index in [1.165, 1.54) is 7.05 Å². The molecule has 0 spiro atoms. The van der Waals surface area contributed by atoms with Crippen molar-refractivity contribution < 1.29 is 35.2 Å². The summed E-state index contributed by atoms with van der Waals surface area (Å²) in [5, 5.41) is 3.32. The SMILES string of the molecule is Cn1c(-c2ccc(-c3cn(CCS(C)(=O)=O)nc3C(F)(F)F)c(F)c2F)cnc1C(N)=O. The van der Waals surface area contributed by atoms with Gasteiger partial charge in [-0.2, -0.15) is 18.3 Å². The molecule has 8 nitrogen and oxygen atoms in total. The third-order valence-corrected chi connectivity index (χ3v) is 5.50. The highest BCUT2D eigenvalue weighted by molar-refractivity contribution is 7.90. The van der Waals surface area contributed by atoms with Crippen molar-refractivity contribution in [2.75, 3.05) is 12.0 Å². The lowest BCUT2D eigenvalue weighted by molar-refractivity contribution is -0.141. The summed E-state index contributed by atoms with van der Waals surface area (Å²) in [5.41, 5.74) is 1.79. The highest BCUT2D eigenvalue weighted by atomic mass is 32.2. The van der Waals surface area contributed by atoms with E-state index in [2.05, 4.69) is 10.1 Å². The van der Waals surface area contributed by atoms with Crippen LogP contribution in [0.1, 0.15) is 16.3 Å². The maximum Gasteiger partial charge on any atom is 0.435 e. The van der Waals surface area contributed by atoms with Gasteiger partial charge in [-0.15, -0.1) is 0 Å². The van der Waals surface area contributed by atoms with Crippen LogP contribution in [0.4, 0.5) is 22.0 Å². The standard InChI is InChI=1S/C18H16F5N5O3S/c1-27-12(7-25-17(27)16(24)29)10-4-3-9(13(19)14(10)20)11-8-28(5-6-32(2,30)31)26-15(11)18(21,22)23/h3-4,7-8H,5-6H2,1-2H3,(H2,24,29). The number of aromatic nitrogens is 4. The molecule has 0 saturated heterocycles. The van der Waals surface area contributed by atoms with Crippen molar-refractivity contribution in [3.05, 3.63) is 47.7 Å². The molecule has 3 aromatic rings. The molecule has 0 radical (unpaired) electrons. The third-order valence-electron chi connectivity index (χ3n) is 4.58. The fraction of sp³-hybridized carbons (Fsp3) is 0.278. The number of carbonyl (C=O) groups is 1. The number of carbonyl (C=O) groups excluding carboxylic acids is 1. The lowest BCUT2D eigenvalue weighted by Gasteiger charge is -2.11. The average Bonchev–Trinajstić information content (AvgIpc) is 3.25. The Kier molecular flexibility index (Phi) is 5.84. The fourth-order valence-corrected chi connectivity index (χ4v) is 3.56. The topological polar surface area (TPSA) is 113 Å². The predicted octanol–water partition coefficient (Wildman–Crippen LogP) is 2.39. The number of hydrogen-bond donors (Lipinski definition) is 1. The first-order valence-electron chi connectivity index (χ1n) is 8.83. The second-order valence-corrected chi connectivity index (χ2v) is 9.22. The first-order chi connectivity index (χ1) is 14.7. The van der Waals surface area contributed by atoms with E-state index >= 15 is 0 Å². The first kappa shape index (κ1) is 23.4. The Balaban J connectivity index is 2.12. The number of primary amides is 1. The highest BCUT2D eigenvalue weighted by Crippen LogP contribution is 2.39. The summed E-state index contributed by atoms with van der Waals surface area (Å²) in [4.78, 5) is 15.0. The average molecular weight is 477 g/mol. The summed E-state index contributed by atoms with van der Waals surface area (Å²) in [6, 6.07) is 1.96. The van der Waals surface area contributed by atoms with Gasteiger partial charge in [0.2, 0.25) is 0 Å². The molecule has 32 heavy (non-hydrogen) atoms. The second-order valence-electron chi connectivity index (χ2n) is 6.96. The molecule has 172 valence electrons. The number of benzene rings is 1. The summed E-state index contributed by atoms with van der Waals surface area (Å²) in [5.74, 6) is -4.69.